The Balaban J connectivity index is 2.39. The molecule has 0 fully saturated rings. The average molecular weight is 228 g/mol. The Labute approximate surface area is 90.9 Å². The van der Waals surface area contributed by atoms with Crippen LogP contribution in [0.3, 0.4) is 0 Å². The fourth-order valence-electron chi connectivity index (χ4n) is 1.07. The van der Waals surface area contributed by atoms with Crippen LogP contribution in [0.2, 0.25) is 0 Å². The third kappa shape index (κ3) is 4.57. The molecule has 0 aromatic carbocycles. The summed E-state index contributed by atoms with van der Waals surface area (Å²) in [4.78, 5) is 22.6. The molecule has 0 bridgehead atoms. The van der Waals surface area contributed by atoms with E-state index in [2.05, 4.69) is 5.32 Å². The van der Waals surface area contributed by atoms with Crippen molar-refractivity contribution >= 4 is 23.2 Å². The van der Waals surface area contributed by atoms with E-state index in [1.165, 1.54) is 11.3 Å². The molecule has 4 N–H and O–H groups in total. The smallest absolute Gasteiger partial charge is 0.308 e. The van der Waals surface area contributed by atoms with Crippen LogP contribution in [0.5, 0.6) is 0 Å². The second kappa shape index (κ2) is 5.47. The molecular weight excluding hydrogens is 216 g/mol. The van der Waals surface area contributed by atoms with E-state index < -0.39 is 11.9 Å². The Hall–Kier alpha value is -1.40. The highest BCUT2D eigenvalue weighted by atomic mass is 32.1. The molecular formula is C9H12N2O3S. The maximum atomic E-state index is 10.4. The lowest BCUT2D eigenvalue weighted by Crippen LogP contribution is -2.27. The third-order valence-electron chi connectivity index (χ3n) is 1.64. The minimum Gasteiger partial charge on any atom is -0.481 e. The highest BCUT2D eigenvalue weighted by molar-refractivity contribution is 7.12. The summed E-state index contributed by atoms with van der Waals surface area (Å²) in [5.41, 5.74) is 4.95. The average Bonchev–Trinajstić information content (AvgIpc) is 2.50. The molecule has 6 heteroatoms. The Kier molecular flexibility index (Phi) is 4.26. The lowest BCUT2D eigenvalue weighted by Gasteiger charge is -1.98. The number of rotatable bonds is 6. The van der Waals surface area contributed by atoms with Crippen LogP contribution in [-0.4, -0.2) is 23.5 Å². The van der Waals surface area contributed by atoms with Gasteiger partial charge in [-0.15, -0.1) is 11.3 Å². The van der Waals surface area contributed by atoms with E-state index in [0.717, 1.165) is 9.75 Å². The van der Waals surface area contributed by atoms with Gasteiger partial charge in [-0.2, -0.15) is 0 Å². The topological polar surface area (TPSA) is 92.4 Å². The molecule has 0 atom stereocenters. The standard InChI is InChI=1S/C9H12N2O3S/c10-8(12)5-11-4-7-2-1-6(15-7)3-9(13)14/h1-2,11H,3-5H2,(H2,10,12)(H,13,14). The van der Waals surface area contributed by atoms with Gasteiger partial charge in [-0.1, -0.05) is 0 Å². The third-order valence-corrected chi connectivity index (χ3v) is 2.73. The Morgan fingerprint density at radius 2 is 2.07 bits per heavy atom. The molecule has 1 heterocycles. The van der Waals surface area contributed by atoms with Crippen molar-refractivity contribution in [1.29, 1.82) is 0 Å². The molecule has 0 unspecified atom stereocenters. The van der Waals surface area contributed by atoms with Gasteiger partial charge in [0, 0.05) is 16.3 Å². The zero-order chi connectivity index (χ0) is 11.3. The number of nitrogens with two attached hydrogens (primary N) is 1. The first-order chi connectivity index (χ1) is 7.08. The number of aliphatic carboxylic acids is 1. The predicted molar refractivity (Wildman–Crippen MR) is 56.6 cm³/mol. The highest BCUT2D eigenvalue weighted by Gasteiger charge is 2.04. The summed E-state index contributed by atoms with van der Waals surface area (Å²) in [6, 6.07) is 3.62. The lowest BCUT2D eigenvalue weighted by atomic mass is 10.3. The van der Waals surface area contributed by atoms with Crippen molar-refractivity contribution in [3.8, 4) is 0 Å². The van der Waals surface area contributed by atoms with Crippen molar-refractivity contribution in [3.63, 3.8) is 0 Å². The number of primary amides is 1. The van der Waals surface area contributed by atoms with E-state index in [1.807, 2.05) is 6.07 Å². The van der Waals surface area contributed by atoms with E-state index in [4.69, 9.17) is 10.8 Å². The number of carbonyl (C=O) groups excluding carboxylic acids is 1. The van der Waals surface area contributed by atoms with Gasteiger partial charge in [-0.3, -0.25) is 9.59 Å². The molecule has 0 aliphatic rings. The summed E-state index contributed by atoms with van der Waals surface area (Å²) in [6.07, 6.45) is 0.0421. The summed E-state index contributed by atoms with van der Waals surface area (Å²) < 4.78 is 0. The van der Waals surface area contributed by atoms with E-state index in [-0.39, 0.29) is 13.0 Å². The van der Waals surface area contributed by atoms with Gasteiger partial charge in [-0.25, -0.2) is 0 Å². The van der Waals surface area contributed by atoms with Crippen molar-refractivity contribution in [2.75, 3.05) is 6.54 Å². The van der Waals surface area contributed by atoms with Gasteiger partial charge >= 0.3 is 5.97 Å². The number of carboxylic acid groups (broad SMARTS) is 1. The molecule has 1 aromatic rings. The van der Waals surface area contributed by atoms with Gasteiger partial charge in [-0.05, 0) is 12.1 Å². The Bertz CT molecular complexity index is 362. The second-order valence-electron chi connectivity index (χ2n) is 3.01. The van der Waals surface area contributed by atoms with Crippen molar-refractivity contribution in [1.82, 2.24) is 5.32 Å². The fraction of sp³-hybridized carbons (Fsp3) is 0.333. The summed E-state index contributed by atoms with van der Waals surface area (Å²) in [5.74, 6) is -1.24. The fourth-order valence-corrected chi connectivity index (χ4v) is 2.05. The SMILES string of the molecule is NC(=O)CNCc1ccc(CC(=O)O)s1. The molecule has 0 saturated heterocycles. The van der Waals surface area contributed by atoms with Crippen LogP contribution in [0.15, 0.2) is 12.1 Å². The zero-order valence-corrected chi connectivity index (χ0v) is 8.84. The molecule has 1 amide bonds. The molecule has 0 aliphatic carbocycles. The second-order valence-corrected chi connectivity index (χ2v) is 4.26. The first-order valence-corrected chi connectivity index (χ1v) is 5.18. The van der Waals surface area contributed by atoms with Crippen LogP contribution in [0.4, 0.5) is 0 Å². The molecule has 0 spiro atoms. The van der Waals surface area contributed by atoms with Crippen molar-refractivity contribution in [2.24, 2.45) is 5.73 Å². The van der Waals surface area contributed by atoms with E-state index >= 15 is 0 Å². The molecule has 0 radical (unpaired) electrons. The monoisotopic (exact) mass is 228 g/mol. The molecule has 0 aliphatic heterocycles. The van der Waals surface area contributed by atoms with Crippen LogP contribution in [0.25, 0.3) is 0 Å². The quantitative estimate of drug-likeness (QED) is 0.636. The van der Waals surface area contributed by atoms with Crippen LogP contribution in [0, 0.1) is 0 Å². The van der Waals surface area contributed by atoms with Gasteiger partial charge in [0.2, 0.25) is 5.91 Å². The number of thiophene rings is 1. The highest BCUT2D eigenvalue weighted by Crippen LogP contribution is 2.16. The normalized spacial score (nSPS) is 10.1. The van der Waals surface area contributed by atoms with Crippen LogP contribution < -0.4 is 11.1 Å². The largest absolute Gasteiger partial charge is 0.481 e. The van der Waals surface area contributed by atoms with Gasteiger partial charge in [0.15, 0.2) is 0 Å². The van der Waals surface area contributed by atoms with Crippen molar-refractivity contribution in [2.45, 2.75) is 13.0 Å². The number of carboxylic acids is 1. The molecule has 0 saturated carbocycles. The summed E-state index contributed by atoms with van der Waals surface area (Å²) in [6.45, 7) is 0.666. The molecule has 5 nitrogen and oxygen atoms in total. The summed E-state index contributed by atoms with van der Waals surface area (Å²) in [5, 5.41) is 11.4. The Morgan fingerprint density at radius 1 is 1.40 bits per heavy atom. The molecule has 1 rings (SSSR count). The van der Waals surface area contributed by atoms with E-state index in [9.17, 15) is 9.59 Å². The summed E-state index contributed by atoms with van der Waals surface area (Å²) >= 11 is 1.42. The predicted octanol–water partition coefficient (Wildman–Crippen LogP) is -0.0499. The zero-order valence-electron chi connectivity index (χ0n) is 8.03. The first kappa shape index (κ1) is 11.7. The lowest BCUT2D eigenvalue weighted by molar-refractivity contribution is -0.136. The van der Waals surface area contributed by atoms with Crippen molar-refractivity contribution < 1.29 is 14.7 Å². The number of carbonyl (C=O) groups is 2. The number of hydrogen-bond donors (Lipinski definition) is 3. The summed E-state index contributed by atoms with van der Waals surface area (Å²) in [7, 11) is 0. The van der Waals surface area contributed by atoms with Gasteiger partial charge in [0.05, 0.1) is 13.0 Å². The molecule has 1 aromatic heterocycles. The minimum atomic E-state index is -0.839. The molecule has 82 valence electrons. The maximum absolute atomic E-state index is 10.4. The maximum Gasteiger partial charge on any atom is 0.308 e. The number of nitrogens with one attached hydrogen (secondary N) is 1. The van der Waals surface area contributed by atoms with E-state index in [1.54, 1.807) is 6.07 Å². The first-order valence-electron chi connectivity index (χ1n) is 4.36. The van der Waals surface area contributed by atoms with Gasteiger partial charge < -0.3 is 16.2 Å². The number of hydrogen-bond acceptors (Lipinski definition) is 4. The van der Waals surface area contributed by atoms with Gasteiger partial charge in [0.25, 0.3) is 0 Å². The Morgan fingerprint density at radius 3 is 2.67 bits per heavy atom. The van der Waals surface area contributed by atoms with Gasteiger partial charge in [0.1, 0.15) is 0 Å². The molecule has 15 heavy (non-hydrogen) atoms. The number of amides is 1. The van der Waals surface area contributed by atoms with Crippen LogP contribution in [0.1, 0.15) is 9.75 Å². The minimum absolute atomic E-state index is 0.0421. The van der Waals surface area contributed by atoms with Crippen LogP contribution >= 0.6 is 11.3 Å². The van der Waals surface area contributed by atoms with E-state index in [0.29, 0.717) is 6.54 Å². The van der Waals surface area contributed by atoms with Crippen LogP contribution in [-0.2, 0) is 22.6 Å². The van der Waals surface area contributed by atoms with Crippen molar-refractivity contribution in [3.05, 3.63) is 21.9 Å².